The summed E-state index contributed by atoms with van der Waals surface area (Å²) < 4.78 is 5.46. The molecule has 1 saturated carbocycles. The molecule has 1 fully saturated rings. The molecule has 0 saturated heterocycles. The Morgan fingerprint density at radius 3 is 2.50 bits per heavy atom. The van der Waals surface area contributed by atoms with Crippen LogP contribution in [0.15, 0.2) is 48.5 Å². The molecular weight excluding hydrogens is 328 g/mol. The summed E-state index contributed by atoms with van der Waals surface area (Å²) in [4.78, 5) is 24.9. The van der Waals surface area contributed by atoms with Crippen molar-refractivity contribution in [2.24, 2.45) is 0 Å². The number of esters is 1. The van der Waals surface area contributed by atoms with Gasteiger partial charge in [-0.25, -0.2) is 4.79 Å². The predicted molar refractivity (Wildman–Crippen MR) is 91.6 cm³/mol. The monoisotopic (exact) mass is 344 g/mol. The number of ether oxygens (including phenoxy) is 1. The highest BCUT2D eigenvalue weighted by Crippen LogP contribution is 2.27. The molecule has 0 spiro atoms. The van der Waals surface area contributed by atoms with Crippen LogP contribution in [0, 0.1) is 0 Å². The molecule has 0 aliphatic heterocycles. The zero-order valence-electron chi connectivity index (χ0n) is 12.9. The molecule has 0 bridgehead atoms. The van der Waals surface area contributed by atoms with Gasteiger partial charge in [0.1, 0.15) is 0 Å². The van der Waals surface area contributed by atoms with Crippen molar-refractivity contribution in [2.75, 3.05) is 5.73 Å². The Morgan fingerprint density at radius 2 is 1.83 bits per heavy atom. The van der Waals surface area contributed by atoms with E-state index >= 15 is 0 Å². The number of amides is 1. The number of nitrogen functional groups attached to an aromatic ring is 1. The average molecular weight is 345 g/mol. The van der Waals surface area contributed by atoms with Crippen LogP contribution in [0.1, 0.15) is 34.9 Å². The molecule has 5 nitrogen and oxygen atoms in total. The van der Waals surface area contributed by atoms with Gasteiger partial charge in [-0.2, -0.15) is 0 Å². The van der Waals surface area contributed by atoms with Gasteiger partial charge in [-0.15, -0.1) is 0 Å². The molecule has 1 aliphatic rings. The Balaban J connectivity index is 1.84. The molecule has 24 heavy (non-hydrogen) atoms. The van der Waals surface area contributed by atoms with E-state index in [0.29, 0.717) is 5.56 Å². The first kappa shape index (κ1) is 16.3. The molecule has 1 aliphatic carbocycles. The molecule has 2 aromatic rings. The third kappa shape index (κ3) is 3.68. The van der Waals surface area contributed by atoms with Gasteiger partial charge in [0.05, 0.1) is 16.3 Å². The van der Waals surface area contributed by atoms with Gasteiger partial charge >= 0.3 is 5.97 Å². The summed E-state index contributed by atoms with van der Waals surface area (Å²) >= 11 is 5.94. The van der Waals surface area contributed by atoms with E-state index in [1.807, 2.05) is 6.07 Å². The molecule has 2 aromatic carbocycles. The zero-order chi connectivity index (χ0) is 17.1. The predicted octanol–water partition coefficient (Wildman–Crippen LogP) is 3.10. The minimum atomic E-state index is -1.03. The van der Waals surface area contributed by atoms with Crippen LogP contribution in [0.25, 0.3) is 0 Å². The largest absolute Gasteiger partial charge is 0.444 e. The quantitative estimate of drug-likeness (QED) is 0.645. The Morgan fingerprint density at radius 1 is 1.12 bits per heavy atom. The number of rotatable bonds is 5. The van der Waals surface area contributed by atoms with E-state index in [1.54, 1.807) is 36.4 Å². The Labute approximate surface area is 144 Å². The minimum Gasteiger partial charge on any atom is -0.444 e. The van der Waals surface area contributed by atoms with Crippen LogP contribution >= 0.6 is 11.6 Å². The lowest BCUT2D eigenvalue weighted by molar-refractivity contribution is -0.130. The number of nitrogens with one attached hydrogen (secondary N) is 1. The highest BCUT2D eigenvalue weighted by atomic mass is 35.5. The van der Waals surface area contributed by atoms with Crippen molar-refractivity contribution in [3.8, 4) is 0 Å². The maximum Gasteiger partial charge on any atom is 0.341 e. The Kier molecular flexibility index (Phi) is 4.71. The first-order chi connectivity index (χ1) is 11.6. The van der Waals surface area contributed by atoms with Crippen LogP contribution in [-0.2, 0) is 9.53 Å². The molecule has 0 heterocycles. The second kappa shape index (κ2) is 6.93. The fourth-order valence-electron chi connectivity index (χ4n) is 2.29. The molecule has 3 rings (SSSR count). The second-order valence-corrected chi connectivity index (χ2v) is 6.09. The lowest BCUT2D eigenvalue weighted by Crippen LogP contribution is -2.33. The third-order valence-electron chi connectivity index (χ3n) is 3.76. The van der Waals surface area contributed by atoms with Gasteiger partial charge in [0.2, 0.25) is 6.10 Å². The molecule has 0 aromatic heterocycles. The third-order valence-corrected chi connectivity index (χ3v) is 4.09. The van der Waals surface area contributed by atoms with E-state index in [0.717, 1.165) is 12.8 Å². The van der Waals surface area contributed by atoms with Gasteiger partial charge in [0.25, 0.3) is 5.91 Å². The van der Waals surface area contributed by atoms with Crippen molar-refractivity contribution in [2.45, 2.75) is 25.0 Å². The molecule has 3 N–H and O–H groups in total. The van der Waals surface area contributed by atoms with Crippen molar-refractivity contribution in [3.05, 3.63) is 64.7 Å². The normalized spacial score (nSPS) is 14.7. The topological polar surface area (TPSA) is 81.4 Å². The van der Waals surface area contributed by atoms with Crippen LogP contribution in [-0.4, -0.2) is 17.9 Å². The van der Waals surface area contributed by atoms with Gasteiger partial charge in [0, 0.05) is 11.6 Å². The maximum atomic E-state index is 12.5. The smallest absolute Gasteiger partial charge is 0.341 e. The summed E-state index contributed by atoms with van der Waals surface area (Å²) in [6.07, 6.45) is 0.864. The molecule has 0 radical (unpaired) electrons. The molecule has 1 atom stereocenters. The maximum absolute atomic E-state index is 12.5. The number of carbonyl (C=O) groups is 2. The number of para-hydroxylation sites is 1. The molecule has 0 unspecified atom stereocenters. The average Bonchev–Trinajstić information content (AvgIpc) is 3.39. The summed E-state index contributed by atoms with van der Waals surface area (Å²) in [6.45, 7) is 0. The summed E-state index contributed by atoms with van der Waals surface area (Å²) in [5, 5.41) is 3.13. The Bertz CT molecular complexity index is 760. The van der Waals surface area contributed by atoms with Gasteiger partial charge < -0.3 is 15.8 Å². The number of nitrogens with two attached hydrogens (primary N) is 1. The highest BCUT2D eigenvalue weighted by molar-refractivity contribution is 6.33. The molecule has 6 heteroatoms. The standard InChI is InChI=1S/C18H17ClN2O3/c19-14-8-4-7-13(15(14)20)18(23)24-16(11-5-2-1-3-6-11)17(22)21-12-9-10-12/h1-8,12,16H,9-10,20H2,(H,21,22)/t16-/m1/s1. The number of anilines is 1. The number of hydrogen-bond donors (Lipinski definition) is 2. The number of carbonyl (C=O) groups excluding carboxylic acids is 2. The minimum absolute atomic E-state index is 0.138. The van der Waals surface area contributed by atoms with E-state index in [2.05, 4.69) is 5.32 Å². The number of hydrogen-bond acceptors (Lipinski definition) is 4. The SMILES string of the molecule is Nc1c(Cl)cccc1C(=O)O[C@@H](C(=O)NC1CC1)c1ccccc1. The van der Waals surface area contributed by atoms with Crippen LogP contribution in [0.2, 0.25) is 5.02 Å². The van der Waals surface area contributed by atoms with E-state index in [1.165, 1.54) is 6.07 Å². The van der Waals surface area contributed by atoms with Crippen LogP contribution in [0.4, 0.5) is 5.69 Å². The lowest BCUT2D eigenvalue weighted by Gasteiger charge is -2.18. The van der Waals surface area contributed by atoms with Crippen molar-refractivity contribution < 1.29 is 14.3 Å². The summed E-state index contributed by atoms with van der Waals surface area (Å²) in [7, 11) is 0. The van der Waals surface area contributed by atoms with Gasteiger partial charge in [-0.05, 0) is 25.0 Å². The highest BCUT2D eigenvalue weighted by Gasteiger charge is 2.31. The molecule has 1 amide bonds. The fraction of sp³-hybridized carbons (Fsp3) is 0.222. The number of benzene rings is 2. The van der Waals surface area contributed by atoms with Crippen LogP contribution < -0.4 is 11.1 Å². The van der Waals surface area contributed by atoms with Gasteiger partial charge in [0.15, 0.2) is 0 Å². The van der Waals surface area contributed by atoms with Crippen molar-refractivity contribution in [3.63, 3.8) is 0 Å². The van der Waals surface area contributed by atoms with Crippen molar-refractivity contribution in [1.82, 2.24) is 5.32 Å². The molecule has 124 valence electrons. The fourth-order valence-corrected chi connectivity index (χ4v) is 2.47. The second-order valence-electron chi connectivity index (χ2n) is 5.68. The molecular formula is C18H17ClN2O3. The van der Waals surface area contributed by atoms with E-state index in [-0.39, 0.29) is 28.2 Å². The van der Waals surface area contributed by atoms with Crippen LogP contribution in [0.5, 0.6) is 0 Å². The first-order valence-electron chi connectivity index (χ1n) is 7.66. The number of halogens is 1. The van der Waals surface area contributed by atoms with Crippen molar-refractivity contribution in [1.29, 1.82) is 0 Å². The van der Waals surface area contributed by atoms with Gasteiger partial charge in [-0.3, -0.25) is 4.79 Å². The van der Waals surface area contributed by atoms with Crippen LogP contribution in [0.3, 0.4) is 0 Å². The van der Waals surface area contributed by atoms with Crippen molar-refractivity contribution >= 4 is 29.2 Å². The lowest BCUT2D eigenvalue weighted by atomic mass is 10.1. The van der Waals surface area contributed by atoms with E-state index in [9.17, 15) is 9.59 Å². The van der Waals surface area contributed by atoms with E-state index < -0.39 is 12.1 Å². The Hall–Kier alpha value is -2.53. The van der Waals surface area contributed by atoms with Gasteiger partial charge in [-0.1, -0.05) is 48.0 Å². The summed E-state index contributed by atoms with van der Waals surface area (Å²) in [6, 6.07) is 13.8. The summed E-state index contributed by atoms with van der Waals surface area (Å²) in [5.74, 6) is -1.02. The van der Waals surface area contributed by atoms with E-state index in [4.69, 9.17) is 22.1 Å². The zero-order valence-corrected chi connectivity index (χ0v) is 13.6. The summed E-state index contributed by atoms with van der Waals surface area (Å²) in [5.41, 5.74) is 6.71. The first-order valence-corrected chi connectivity index (χ1v) is 8.04.